The number of nitrogens with zero attached hydrogens (tertiary/aromatic N) is 2. The summed E-state index contributed by atoms with van der Waals surface area (Å²) >= 11 is 0. The average Bonchev–Trinajstić information content (AvgIpc) is 2.66. The molecule has 0 aliphatic heterocycles. The first-order valence-electron chi connectivity index (χ1n) is 6.35. The number of nitrogen functional groups attached to an aromatic ring is 1. The Bertz CT molecular complexity index is 615. The highest BCUT2D eigenvalue weighted by Gasteiger charge is 2.31. The molecule has 0 bridgehead atoms. The summed E-state index contributed by atoms with van der Waals surface area (Å²) in [6.07, 6.45) is 3.13. The van der Waals surface area contributed by atoms with E-state index in [9.17, 15) is 9.90 Å². The van der Waals surface area contributed by atoms with Crippen molar-refractivity contribution in [1.29, 1.82) is 0 Å². The molecule has 0 spiro atoms. The molecular weight excluding hydrogens is 242 g/mol. The van der Waals surface area contributed by atoms with Gasteiger partial charge in [-0.05, 0) is 25.0 Å². The molecule has 3 rings (SSSR count). The highest BCUT2D eigenvalue weighted by molar-refractivity contribution is 5.94. The van der Waals surface area contributed by atoms with Gasteiger partial charge in [0.25, 0.3) is 0 Å². The maximum atomic E-state index is 11.4. The van der Waals surface area contributed by atoms with Gasteiger partial charge in [0, 0.05) is 5.92 Å². The lowest BCUT2D eigenvalue weighted by molar-refractivity contribution is 0.0695. The lowest BCUT2D eigenvalue weighted by Crippen LogP contribution is -2.17. The van der Waals surface area contributed by atoms with Gasteiger partial charge in [0.05, 0.1) is 11.4 Å². The first-order valence-corrected chi connectivity index (χ1v) is 6.35. The molecule has 0 amide bonds. The van der Waals surface area contributed by atoms with Crippen LogP contribution in [-0.2, 0) is 0 Å². The van der Waals surface area contributed by atoms with E-state index in [1.54, 1.807) is 4.68 Å². The molecule has 3 N–H and O–H groups in total. The number of hydrogen-bond acceptors (Lipinski definition) is 3. The summed E-state index contributed by atoms with van der Waals surface area (Å²) in [4.78, 5) is 11.4. The van der Waals surface area contributed by atoms with Crippen LogP contribution in [0.3, 0.4) is 0 Å². The van der Waals surface area contributed by atoms with Crippen molar-refractivity contribution in [3.8, 4) is 5.69 Å². The van der Waals surface area contributed by atoms with Gasteiger partial charge in [-0.2, -0.15) is 0 Å². The van der Waals surface area contributed by atoms with Gasteiger partial charge in [-0.3, -0.25) is 0 Å². The number of aromatic carboxylic acids is 1. The highest BCUT2D eigenvalue weighted by Crippen LogP contribution is 2.40. The zero-order valence-electron chi connectivity index (χ0n) is 10.4. The van der Waals surface area contributed by atoms with Gasteiger partial charge in [0.15, 0.2) is 5.82 Å². The van der Waals surface area contributed by atoms with Crippen molar-refractivity contribution in [2.45, 2.75) is 25.2 Å². The summed E-state index contributed by atoms with van der Waals surface area (Å²) in [6, 6.07) is 9.52. The molecule has 1 aromatic carbocycles. The van der Waals surface area contributed by atoms with E-state index in [1.807, 2.05) is 30.3 Å². The fraction of sp³-hybridized carbons (Fsp3) is 0.286. The molecule has 98 valence electrons. The van der Waals surface area contributed by atoms with Crippen LogP contribution < -0.4 is 5.73 Å². The van der Waals surface area contributed by atoms with Crippen LogP contribution in [0.15, 0.2) is 30.3 Å². The molecule has 0 radical (unpaired) electrons. The summed E-state index contributed by atoms with van der Waals surface area (Å²) in [5, 5.41) is 13.6. The molecule has 1 aliphatic carbocycles. The first-order chi connectivity index (χ1) is 9.18. The Labute approximate surface area is 110 Å². The fourth-order valence-corrected chi connectivity index (χ4v) is 2.49. The first kappa shape index (κ1) is 11.8. The Morgan fingerprint density at radius 2 is 2.00 bits per heavy atom. The normalized spacial score (nSPS) is 15.2. The molecule has 1 aromatic heterocycles. The molecule has 0 atom stereocenters. The standard InChI is InChI=1S/C14H15N3O2/c15-13-11(14(18)19)12(9-5-4-6-9)17(16-13)10-7-2-1-3-8-10/h1-3,7-9H,4-6H2,(H2,15,16)(H,18,19). The average molecular weight is 257 g/mol. The Hall–Kier alpha value is -2.30. The van der Waals surface area contributed by atoms with Crippen LogP contribution >= 0.6 is 0 Å². The smallest absolute Gasteiger partial charge is 0.341 e. The van der Waals surface area contributed by atoms with Gasteiger partial charge in [-0.25, -0.2) is 9.48 Å². The Morgan fingerprint density at radius 1 is 1.32 bits per heavy atom. The van der Waals surface area contributed by atoms with Crippen molar-refractivity contribution in [1.82, 2.24) is 9.78 Å². The van der Waals surface area contributed by atoms with Crippen LogP contribution in [0.4, 0.5) is 5.82 Å². The van der Waals surface area contributed by atoms with E-state index in [-0.39, 0.29) is 17.3 Å². The molecule has 1 heterocycles. The molecule has 2 aromatic rings. The van der Waals surface area contributed by atoms with E-state index in [1.165, 1.54) is 0 Å². The Morgan fingerprint density at radius 3 is 2.53 bits per heavy atom. The van der Waals surface area contributed by atoms with E-state index in [2.05, 4.69) is 5.10 Å². The third-order valence-electron chi connectivity index (χ3n) is 3.65. The highest BCUT2D eigenvalue weighted by atomic mass is 16.4. The van der Waals surface area contributed by atoms with Crippen molar-refractivity contribution in [3.05, 3.63) is 41.6 Å². The number of carboxylic acid groups (broad SMARTS) is 1. The van der Waals surface area contributed by atoms with Crippen LogP contribution in [0.25, 0.3) is 5.69 Å². The van der Waals surface area contributed by atoms with Crippen molar-refractivity contribution in [2.24, 2.45) is 0 Å². The summed E-state index contributed by atoms with van der Waals surface area (Å²) in [7, 11) is 0. The predicted molar refractivity (Wildman–Crippen MR) is 71.5 cm³/mol. The number of rotatable bonds is 3. The molecule has 5 heteroatoms. The monoisotopic (exact) mass is 257 g/mol. The second-order valence-corrected chi connectivity index (χ2v) is 4.83. The Balaban J connectivity index is 2.19. The van der Waals surface area contributed by atoms with Gasteiger partial charge in [-0.1, -0.05) is 24.6 Å². The van der Waals surface area contributed by atoms with E-state index in [0.29, 0.717) is 0 Å². The van der Waals surface area contributed by atoms with Crippen LogP contribution in [0.5, 0.6) is 0 Å². The summed E-state index contributed by atoms with van der Waals surface area (Å²) in [6.45, 7) is 0. The topological polar surface area (TPSA) is 81.1 Å². The van der Waals surface area contributed by atoms with Crippen LogP contribution in [0.1, 0.15) is 41.2 Å². The number of nitrogens with two attached hydrogens (primary N) is 1. The third-order valence-corrected chi connectivity index (χ3v) is 3.65. The molecule has 1 aliphatic rings. The number of carboxylic acids is 1. The number of carbonyl (C=O) groups is 1. The fourth-order valence-electron chi connectivity index (χ4n) is 2.49. The van der Waals surface area contributed by atoms with Crippen LogP contribution in [0, 0.1) is 0 Å². The zero-order chi connectivity index (χ0) is 13.4. The minimum absolute atomic E-state index is 0.0956. The van der Waals surface area contributed by atoms with Crippen molar-refractivity contribution in [3.63, 3.8) is 0 Å². The predicted octanol–water partition coefficient (Wildman–Crippen LogP) is 2.42. The summed E-state index contributed by atoms with van der Waals surface area (Å²) in [5.74, 6) is -0.657. The third kappa shape index (κ3) is 1.87. The largest absolute Gasteiger partial charge is 0.477 e. The minimum Gasteiger partial charge on any atom is -0.477 e. The van der Waals surface area contributed by atoms with E-state index < -0.39 is 5.97 Å². The Kier molecular flexibility index (Phi) is 2.74. The number of aromatic nitrogens is 2. The van der Waals surface area contributed by atoms with E-state index in [4.69, 9.17) is 5.73 Å². The van der Waals surface area contributed by atoms with Crippen LogP contribution in [-0.4, -0.2) is 20.9 Å². The van der Waals surface area contributed by atoms with Gasteiger partial charge < -0.3 is 10.8 Å². The molecular formula is C14H15N3O2. The molecule has 0 unspecified atom stereocenters. The molecule has 0 saturated heterocycles. The molecule has 1 fully saturated rings. The van der Waals surface area contributed by atoms with Crippen molar-refractivity contribution in [2.75, 3.05) is 5.73 Å². The molecule has 19 heavy (non-hydrogen) atoms. The SMILES string of the molecule is Nc1nn(-c2ccccc2)c(C2CCC2)c1C(=O)O. The number of hydrogen-bond donors (Lipinski definition) is 2. The zero-order valence-corrected chi connectivity index (χ0v) is 10.4. The maximum Gasteiger partial charge on any atom is 0.341 e. The second-order valence-electron chi connectivity index (χ2n) is 4.83. The van der Waals surface area contributed by atoms with Gasteiger partial charge in [-0.15, -0.1) is 5.10 Å². The quantitative estimate of drug-likeness (QED) is 0.884. The van der Waals surface area contributed by atoms with Gasteiger partial charge in [0.2, 0.25) is 0 Å². The summed E-state index contributed by atoms with van der Waals surface area (Å²) in [5.41, 5.74) is 7.53. The second kappa shape index (κ2) is 4.42. The van der Waals surface area contributed by atoms with Crippen LogP contribution in [0.2, 0.25) is 0 Å². The lowest BCUT2D eigenvalue weighted by Gasteiger charge is -2.26. The van der Waals surface area contributed by atoms with Crippen molar-refractivity contribution < 1.29 is 9.90 Å². The van der Waals surface area contributed by atoms with E-state index in [0.717, 1.165) is 30.6 Å². The number of anilines is 1. The maximum absolute atomic E-state index is 11.4. The minimum atomic E-state index is -0.999. The van der Waals surface area contributed by atoms with Crippen molar-refractivity contribution >= 4 is 11.8 Å². The summed E-state index contributed by atoms with van der Waals surface area (Å²) < 4.78 is 1.68. The lowest BCUT2D eigenvalue weighted by atomic mass is 9.81. The molecule has 1 saturated carbocycles. The number of para-hydroxylation sites is 1. The number of benzene rings is 1. The van der Waals surface area contributed by atoms with Gasteiger partial charge >= 0.3 is 5.97 Å². The van der Waals surface area contributed by atoms with E-state index >= 15 is 0 Å². The molecule has 5 nitrogen and oxygen atoms in total. The van der Waals surface area contributed by atoms with Gasteiger partial charge in [0.1, 0.15) is 5.56 Å².